The van der Waals surface area contributed by atoms with Crippen molar-refractivity contribution in [2.45, 2.75) is 27.7 Å². The minimum absolute atomic E-state index is 0.982. The Hall–Kier alpha value is 0.0200. The molecule has 0 aromatic rings. The van der Waals surface area contributed by atoms with Gasteiger partial charge >= 0.3 is 0 Å². The lowest BCUT2D eigenvalue weighted by atomic mass is 10.7. The minimum atomic E-state index is -1.42. The summed E-state index contributed by atoms with van der Waals surface area (Å²) < 4.78 is 7.25. The Morgan fingerprint density at radius 3 is 1.45 bits per heavy atom. The predicted octanol–water partition coefficient (Wildman–Crippen LogP) is 3.01. The average Bonchev–Trinajstić information content (AvgIpc) is 2.41. The first-order chi connectivity index (χ1) is 9.34. The van der Waals surface area contributed by atoms with Gasteiger partial charge in [-0.1, -0.05) is 27.7 Å². The largest absolute Gasteiger partial charge is 0.348 e. The van der Waals surface area contributed by atoms with E-state index in [0.29, 0.717) is 0 Å². The molecule has 0 aromatic carbocycles. The summed E-state index contributed by atoms with van der Waals surface area (Å²) in [6, 6.07) is 0. The quantitative estimate of drug-likeness (QED) is 0.508. The van der Waals surface area contributed by atoms with Gasteiger partial charge in [0.15, 0.2) is 0 Å². The summed E-state index contributed by atoms with van der Waals surface area (Å²) in [4.78, 5) is 6.53. The molecule has 0 saturated heterocycles. The van der Waals surface area contributed by atoms with E-state index in [1.54, 1.807) is 0 Å². The lowest BCUT2D eigenvalue weighted by molar-refractivity contribution is 0.405. The van der Waals surface area contributed by atoms with Crippen LogP contribution in [0.15, 0.2) is 4.99 Å². The Labute approximate surface area is 134 Å². The van der Waals surface area contributed by atoms with Crippen molar-refractivity contribution < 1.29 is 0 Å². The van der Waals surface area contributed by atoms with Crippen LogP contribution in [0, 0.1) is 0 Å². The Morgan fingerprint density at radius 2 is 1.25 bits per heavy atom. The number of nitrogens with zero attached hydrogens (tertiary/aromatic N) is 5. The maximum atomic E-state index is 4.46. The van der Waals surface area contributed by atoms with Crippen molar-refractivity contribution in [3.8, 4) is 0 Å². The summed E-state index contributed by atoms with van der Waals surface area (Å²) in [5.41, 5.74) is 0. The number of hydrogen-bond donors (Lipinski definition) is 0. The van der Waals surface area contributed by atoms with Gasteiger partial charge in [-0.3, -0.25) is 9.30 Å². The van der Waals surface area contributed by atoms with Crippen molar-refractivity contribution in [1.29, 1.82) is 0 Å². The second-order valence-corrected chi connectivity index (χ2v) is 9.69. The summed E-state index contributed by atoms with van der Waals surface area (Å²) >= 11 is 4.09. The topological polar surface area (TPSA) is 25.3 Å². The molecule has 0 heterocycles. The van der Waals surface area contributed by atoms with E-state index in [2.05, 4.69) is 72.4 Å². The van der Waals surface area contributed by atoms with Crippen LogP contribution < -0.4 is 0 Å². The standard InChI is InChI=1S/C13H32BrN5S/c1-9-18(10-2)20(14,19(11-3)12-4)17(8)13(15-5)16(6)7/h9-12H2,1-8H3. The second-order valence-electron chi connectivity index (χ2n) is 4.60. The second kappa shape index (κ2) is 9.12. The van der Waals surface area contributed by atoms with Gasteiger partial charge in [0.1, 0.15) is 0 Å². The fourth-order valence-corrected chi connectivity index (χ4v) is 7.97. The van der Waals surface area contributed by atoms with E-state index in [4.69, 9.17) is 0 Å². The molecule has 0 rings (SSSR count). The van der Waals surface area contributed by atoms with E-state index >= 15 is 0 Å². The molecule has 0 aliphatic rings. The minimum Gasteiger partial charge on any atom is -0.348 e. The van der Waals surface area contributed by atoms with Gasteiger partial charge in [-0.2, -0.15) is 0 Å². The van der Waals surface area contributed by atoms with Gasteiger partial charge in [0.25, 0.3) is 0 Å². The van der Waals surface area contributed by atoms with Crippen LogP contribution in [-0.2, 0) is 0 Å². The van der Waals surface area contributed by atoms with Gasteiger partial charge in [0.05, 0.1) is 0 Å². The number of halogens is 1. The highest BCUT2D eigenvalue weighted by molar-refractivity contribution is 9.57. The summed E-state index contributed by atoms with van der Waals surface area (Å²) in [6.07, 6.45) is 0. The normalized spacial score (nSPS) is 14.1. The first-order valence-corrected chi connectivity index (χ1v) is 10.6. The first-order valence-electron chi connectivity index (χ1n) is 7.26. The molecule has 0 N–H and O–H groups in total. The lowest BCUT2D eigenvalue weighted by Gasteiger charge is -2.55. The number of hydrogen-bond acceptors (Lipinski definition) is 3. The molecular weight excluding hydrogens is 338 g/mol. The zero-order valence-electron chi connectivity index (χ0n) is 14.4. The van der Waals surface area contributed by atoms with Gasteiger partial charge in [0.2, 0.25) is 5.96 Å². The van der Waals surface area contributed by atoms with Crippen molar-refractivity contribution >= 4 is 29.8 Å². The van der Waals surface area contributed by atoms with Crippen LogP contribution >= 0.6 is 23.8 Å². The predicted molar refractivity (Wildman–Crippen MR) is 97.2 cm³/mol. The van der Waals surface area contributed by atoms with Gasteiger partial charge in [-0.15, -0.1) is 0 Å². The van der Waals surface area contributed by atoms with E-state index in [1.165, 1.54) is 0 Å². The van der Waals surface area contributed by atoms with Crippen molar-refractivity contribution in [3.05, 3.63) is 0 Å². The Balaban J connectivity index is 5.74. The molecule has 0 aliphatic carbocycles. The number of guanidine groups is 1. The highest BCUT2D eigenvalue weighted by Gasteiger charge is 2.38. The van der Waals surface area contributed by atoms with E-state index in [1.807, 2.05) is 21.1 Å². The molecule has 0 bridgehead atoms. The highest BCUT2D eigenvalue weighted by Crippen LogP contribution is 2.63. The molecule has 5 nitrogen and oxygen atoms in total. The van der Waals surface area contributed by atoms with Gasteiger partial charge in [0, 0.05) is 78.2 Å². The molecule has 122 valence electrons. The van der Waals surface area contributed by atoms with Crippen LogP contribution in [0.5, 0.6) is 0 Å². The van der Waals surface area contributed by atoms with E-state index in [0.717, 1.165) is 32.1 Å². The van der Waals surface area contributed by atoms with Gasteiger partial charge < -0.3 is 4.90 Å². The molecule has 0 aromatic heterocycles. The molecule has 20 heavy (non-hydrogen) atoms. The van der Waals surface area contributed by atoms with Gasteiger partial charge in [-0.05, 0) is 0 Å². The summed E-state index contributed by atoms with van der Waals surface area (Å²) in [7, 11) is 6.64. The molecule has 7 heteroatoms. The van der Waals surface area contributed by atoms with E-state index in [9.17, 15) is 0 Å². The first kappa shape index (κ1) is 20.0. The Bertz CT molecular complexity index is 291. The summed E-state index contributed by atoms with van der Waals surface area (Å²) in [5, 5.41) is 0. The van der Waals surface area contributed by atoms with Crippen molar-refractivity contribution in [3.63, 3.8) is 0 Å². The number of aliphatic imine (C=N–C) groups is 1. The SMILES string of the molecule is CCN(CC)S(Br)(N(CC)CC)N(C)C(=NC)N(C)C. The third kappa shape index (κ3) is 4.02. The fourth-order valence-electron chi connectivity index (χ4n) is 2.34. The highest BCUT2D eigenvalue weighted by atomic mass is 79.9. The molecular formula is C13H32BrN5S. The van der Waals surface area contributed by atoms with Gasteiger partial charge in [-0.25, -0.2) is 8.61 Å². The number of rotatable bonds is 7. The zero-order valence-corrected chi connectivity index (χ0v) is 16.8. The van der Waals surface area contributed by atoms with Crippen LogP contribution in [0.2, 0.25) is 0 Å². The maximum absolute atomic E-state index is 4.46. The molecule has 0 amide bonds. The lowest BCUT2D eigenvalue weighted by Crippen LogP contribution is -2.49. The van der Waals surface area contributed by atoms with Crippen LogP contribution in [0.4, 0.5) is 0 Å². The molecule has 0 fully saturated rings. The van der Waals surface area contributed by atoms with Crippen molar-refractivity contribution in [2.75, 3.05) is 54.4 Å². The van der Waals surface area contributed by atoms with Crippen LogP contribution in [0.25, 0.3) is 0 Å². The molecule has 0 saturated carbocycles. The third-order valence-corrected chi connectivity index (χ3v) is 10.3. The maximum Gasteiger partial charge on any atom is 0.206 e. The van der Waals surface area contributed by atoms with Crippen LogP contribution in [-0.4, -0.2) is 78.1 Å². The Kier molecular flexibility index (Phi) is 9.13. The molecule has 0 unspecified atom stereocenters. The molecule has 0 atom stereocenters. The van der Waals surface area contributed by atoms with Crippen LogP contribution in [0.3, 0.4) is 0 Å². The van der Waals surface area contributed by atoms with Crippen molar-refractivity contribution in [1.82, 2.24) is 17.8 Å². The fraction of sp³-hybridized carbons (Fsp3) is 0.923. The third-order valence-electron chi connectivity index (χ3n) is 3.30. The zero-order chi connectivity index (χ0) is 15.9. The van der Waals surface area contributed by atoms with E-state index < -0.39 is 9.02 Å². The molecule has 0 radical (unpaired) electrons. The average molecular weight is 370 g/mol. The summed E-state index contributed by atoms with van der Waals surface area (Å²) in [6.45, 7) is 12.9. The molecule has 0 spiro atoms. The van der Waals surface area contributed by atoms with Crippen molar-refractivity contribution in [2.24, 2.45) is 4.99 Å². The Morgan fingerprint density at radius 1 is 0.900 bits per heavy atom. The smallest absolute Gasteiger partial charge is 0.206 e. The van der Waals surface area contributed by atoms with E-state index in [-0.39, 0.29) is 0 Å². The van der Waals surface area contributed by atoms with Crippen LogP contribution in [0.1, 0.15) is 27.7 Å². The summed E-state index contributed by atoms with van der Waals surface area (Å²) in [5.74, 6) is 0.982. The molecule has 0 aliphatic heterocycles. The monoisotopic (exact) mass is 369 g/mol.